The van der Waals surface area contributed by atoms with E-state index in [4.69, 9.17) is 47.4 Å². The smallest absolute Gasteiger partial charge is 0.303 e. The molecule has 0 spiro atoms. The molecule has 68 heavy (non-hydrogen) atoms. The lowest BCUT2D eigenvalue weighted by molar-refractivity contribution is -0.364. The minimum absolute atomic E-state index is 0.0123. The van der Waals surface area contributed by atoms with Crippen LogP contribution < -0.4 is 0 Å². The number of fused-ring (bicyclic) bond motifs is 5. The van der Waals surface area contributed by atoms with Crippen LogP contribution in [0.15, 0.2) is 11.6 Å². The summed E-state index contributed by atoms with van der Waals surface area (Å²) in [5, 5.41) is 12.1. The molecule has 5 fully saturated rings. The average molecular weight is 963 g/mol. The Kier molecular flexibility index (Phi) is 17.9. The van der Waals surface area contributed by atoms with E-state index in [0.717, 1.165) is 65.2 Å². The molecule has 6 aliphatic rings. The maximum atomic E-state index is 12.8. The summed E-state index contributed by atoms with van der Waals surface area (Å²) < 4.78 is 58.7. The fourth-order valence-corrected chi connectivity index (χ4v) is 13.2. The normalized spacial score (nSPS) is 39.2. The number of aliphatic hydroxyl groups is 1. The van der Waals surface area contributed by atoms with Gasteiger partial charge in [0.25, 0.3) is 0 Å². The zero-order chi connectivity index (χ0) is 49.8. The molecule has 0 aromatic carbocycles. The molecule has 17 nitrogen and oxygen atoms in total. The number of carbonyl (C=O) groups is 6. The van der Waals surface area contributed by atoms with Gasteiger partial charge in [-0.05, 0) is 97.7 Å². The molecule has 0 bridgehead atoms. The molecule has 384 valence electrons. The van der Waals surface area contributed by atoms with Crippen molar-refractivity contribution in [3.63, 3.8) is 0 Å². The molecule has 0 aromatic rings. The molecule has 0 amide bonds. The molecule has 18 atom stereocenters. The second-order valence-electron chi connectivity index (χ2n) is 21.4. The van der Waals surface area contributed by atoms with Gasteiger partial charge in [0.2, 0.25) is 0 Å². The lowest BCUT2D eigenvalue weighted by Gasteiger charge is -2.58. The third-order valence-electron chi connectivity index (χ3n) is 16.2. The van der Waals surface area contributed by atoms with Crippen LogP contribution in [0.25, 0.3) is 0 Å². The number of aliphatic hydroxyl groups excluding tert-OH is 1. The minimum atomic E-state index is -1.74. The SMILES string of the molecule is CC(=O)OC[C@H]1O[C@@H](O[C@H]2[C@H](OC(C)=O)[C@@H](O)[C@@H](O[C@H]3CC[C@@]4(C)C(=CC[C@H]5[C@@H]6CC[C@H]([C@H](C)CCCC(C)C)[C@@]6(C)CC[C@@H]54)C3)O[C@@H]2COC(C)=O)[C@H](OC(C)=O)[C@@H](OC(C)=O)[C@H]1OC(C)=O. The van der Waals surface area contributed by atoms with E-state index in [2.05, 4.69) is 40.7 Å². The van der Waals surface area contributed by atoms with E-state index in [1.807, 2.05) is 0 Å². The summed E-state index contributed by atoms with van der Waals surface area (Å²) in [7, 11) is 0. The summed E-state index contributed by atoms with van der Waals surface area (Å²) in [4.78, 5) is 74.4. The molecule has 0 aromatic heterocycles. The molecular weight excluding hydrogens is 885 g/mol. The highest BCUT2D eigenvalue weighted by Gasteiger charge is 2.61. The Morgan fingerprint density at radius 2 is 1.22 bits per heavy atom. The van der Waals surface area contributed by atoms with Gasteiger partial charge in [0.05, 0.1) is 6.10 Å². The Bertz CT molecular complexity index is 1850. The lowest BCUT2D eigenvalue weighted by Crippen LogP contribution is -2.67. The van der Waals surface area contributed by atoms with Crippen LogP contribution in [0, 0.1) is 46.3 Å². The van der Waals surface area contributed by atoms with Crippen molar-refractivity contribution in [1.82, 2.24) is 0 Å². The van der Waals surface area contributed by atoms with E-state index in [1.54, 1.807) is 0 Å². The Hall–Kier alpha value is -3.64. The van der Waals surface area contributed by atoms with Gasteiger partial charge in [-0.3, -0.25) is 28.8 Å². The summed E-state index contributed by atoms with van der Waals surface area (Å²) >= 11 is 0. The van der Waals surface area contributed by atoms with Gasteiger partial charge in [0, 0.05) is 41.5 Å². The van der Waals surface area contributed by atoms with Crippen molar-refractivity contribution in [2.24, 2.45) is 46.3 Å². The van der Waals surface area contributed by atoms with E-state index < -0.39 is 110 Å². The average Bonchev–Trinajstić information content (AvgIpc) is 3.60. The third-order valence-corrected chi connectivity index (χ3v) is 16.2. The second kappa shape index (κ2) is 22.6. The van der Waals surface area contributed by atoms with Gasteiger partial charge in [-0.2, -0.15) is 0 Å². The number of allylic oxidation sites excluding steroid dienone is 1. The van der Waals surface area contributed by atoms with Crippen molar-refractivity contribution < 1.29 is 81.2 Å². The van der Waals surface area contributed by atoms with Crippen molar-refractivity contribution in [3.8, 4) is 0 Å². The van der Waals surface area contributed by atoms with Gasteiger partial charge >= 0.3 is 35.8 Å². The van der Waals surface area contributed by atoms with E-state index in [0.29, 0.717) is 36.0 Å². The molecule has 2 heterocycles. The van der Waals surface area contributed by atoms with E-state index in [9.17, 15) is 33.9 Å². The number of esters is 6. The Morgan fingerprint density at radius 3 is 1.82 bits per heavy atom. The van der Waals surface area contributed by atoms with Crippen LogP contribution >= 0.6 is 0 Å². The summed E-state index contributed by atoms with van der Waals surface area (Å²) in [6.07, 6.45) is -0.877. The zero-order valence-corrected chi connectivity index (χ0v) is 42.1. The standard InChI is InChI=1S/C51H78O17/c1-26(2)13-12-14-27(3)37-17-18-38-36-16-15-34-23-35(19-21-50(34,10)39(36)20-22-51(37,38)11)65-48-42(58)45(62-31(7)55)43(40(66-48)24-59-28(4)52)68-49-47(64-33(9)57)46(63-32(8)56)44(61-30(6)54)41(67-49)25-60-29(5)53/h15,26-27,35-49,58H,12-14,16-25H2,1-11H3/t27-,35+,36+,37-,38+,39+,40-,41-,42-,43-,44+,45-,46+,47-,48+,49+,50+,51-/m1/s1. The number of rotatable bonds is 17. The Balaban J connectivity index is 1.22. The van der Waals surface area contributed by atoms with Crippen LogP contribution in [0.2, 0.25) is 0 Å². The van der Waals surface area contributed by atoms with E-state index in [-0.39, 0.29) is 11.5 Å². The van der Waals surface area contributed by atoms with Gasteiger partial charge in [0.1, 0.15) is 37.6 Å². The van der Waals surface area contributed by atoms with Crippen molar-refractivity contribution in [1.29, 1.82) is 0 Å². The predicted octanol–water partition coefficient (Wildman–Crippen LogP) is 6.46. The number of ether oxygens (including phenoxy) is 10. The van der Waals surface area contributed by atoms with Gasteiger partial charge < -0.3 is 52.5 Å². The van der Waals surface area contributed by atoms with Crippen molar-refractivity contribution in [3.05, 3.63) is 11.6 Å². The van der Waals surface area contributed by atoms with Crippen LogP contribution in [0.3, 0.4) is 0 Å². The van der Waals surface area contributed by atoms with Gasteiger partial charge in [-0.15, -0.1) is 0 Å². The maximum Gasteiger partial charge on any atom is 0.303 e. The molecule has 17 heteroatoms. The number of hydrogen-bond donors (Lipinski definition) is 1. The number of hydrogen-bond acceptors (Lipinski definition) is 17. The first-order valence-electron chi connectivity index (χ1n) is 25.0. The molecule has 2 saturated heterocycles. The molecule has 0 unspecified atom stereocenters. The first-order chi connectivity index (χ1) is 32.0. The Morgan fingerprint density at radius 1 is 0.647 bits per heavy atom. The van der Waals surface area contributed by atoms with Crippen LogP contribution in [0.4, 0.5) is 0 Å². The van der Waals surface area contributed by atoms with Crippen molar-refractivity contribution in [2.45, 2.75) is 214 Å². The molecule has 2 aliphatic heterocycles. The molecule has 6 rings (SSSR count). The zero-order valence-electron chi connectivity index (χ0n) is 42.1. The maximum absolute atomic E-state index is 12.8. The van der Waals surface area contributed by atoms with E-state index >= 15 is 0 Å². The summed E-state index contributed by atoms with van der Waals surface area (Å²) in [6, 6.07) is 0. The van der Waals surface area contributed by atoms with Crippen LogP contribution in [0.1, 0.15) is 147 Å². The van der Waals surface area contributed by atoms with Crippen LogP contribution in [-0.2, 0) is 76.1 Å². The molecule has 1 N–H and O–H groups in total. The van der Waals surface area contributed by atoms with Crippen molar-refractivity contribution in [2.75, 3.05) is 13.2 Å². The summed E-state index contributed by atoms with van der Waals surface area (Å²) in [6.45, 7) is 17.9. The monoisotopic (exact) mass is 963 g/mol. The van der Waals surface area contributed by atoms with Crippen LogP contribution in [-0.4, -0.2) is 122 Å². The van der Waals surface area contributed by atoms with Gasteiger partial charge in [-0.25, -0.2) is 0 Å². The molecular formula is C51H78O17. The third kappa shape index (κ3) is 12.3. The predicted molar refractivity (Wildman–Crippen MR) is 242 cm³/mol. The van der Waals surface area contributed by atoms with Gasteiger partial charge in [-0.1, -0.05) is 65.5 Å². The molecule has 0 radical (unpaired) electrons. The summed E-state index contributed by atoms with van der Waals surface area (Å²) in [5.41, 5.74) is 1.74. The minimum Gasteiger partial charge on any atom is -0.463 e. The fourth-order valence-electron chi connectivity index (χ4n) is 13.2. The highest BCUT2D eigenvalue weighted by Crippen LogP contribution is 2.67. The quantitative estimate of drug-likeness (QED) is 0.0940. The van der Waals surface area contributed by atoms with Crippen LogP contribution in [0.5, 0.6) is 0 Å². The number of carbonyl (C=O) groups excluding carboxylic acids is 6. The van der Waals surface area contributed by atoms with Crippen molar-refractivity contribution >= 4 is 35.8 Å². The molecule has 3 saturated carbocycles. The lowest BCUT2D eigenvalue weighted by atomic mass is 9.47. The Labute approximate surface area is 401 Å². The highest BCUT2D eigenvalue weighted by atomic mass is 16.8. The van der Waals surface area contributed by atoms with E-state index in [1.165, 1.54) is 57.4 Å². The summed E-state index contributed by atoms with van der Waals surface area (Å²) in [5.74, 6) is -0.574. The first kappa shape index (κ1) is 53.7. The second-order valence-corrected chi connectivity index (χ2v) is 21.4. The topological polar surface area (TPSA) is 215 Å². The fraction of sp³-hybridized carbons (Fsp3) is 0.843. The largest absolute Gasteiger partial charge is 0.463 e. The van der Waals surface area contributed by atoms with Gasteiger partial charge in [0.15, 0.2) is 37.0 Å². The molecule has 4 aliphatic carbocycles. The first-order valence-corrected chi connectivity index (χ1v) is 25.0. The highest BCUT2D eigenvalue weighted by molar-refractivity contribution is 5.69.